The van der Waals surface area contributed by atoms with Crippen LogP contribution in [0.1, 0.15) is 55.6 Å². The Labute approximate surface area is 171 Å². The molecule has 3 N–H and O–H groups in total. The minimum absolute atomic E-state index is 0. The second-order valence-corrected chi connectivity index (χ2v) is 7.65. The molecule has 0 aromatic heterocycles. The molecular formula is C19H29Cl2F3N2O. The summed E-state index contributed by atoms with van der Waals surface area (Å²) in [6.45, 7) is 2.14. The van der Waals surface area contributed by atoms with Crippen LogP contribution in [-0.4, -0.2) is 41.3 Å². The number of benzene rings is 1. The van der Waals surface area contributed by atoms with Crippen LogP contribution in [-0.2, 0) is 6.18 Å². The number of hydrogen-bond donors (Lipinski definition) is 2. The fourth-order valence-corrected chi connectivity index (χ4v) is 4.32. The third-order valence-electron chi connectivity index (χ3n) is 5.73. The smallest absolute Gasteiger partial charge is 0.389 e. The van der Waals surface area contributed by atoms with Crippen molar-refractivity contribution in [2.45, 2.75) is 62.3 Å². The minimum Gasteiger partial charge on any atom is -0.389 e. The van der Waals surface area contributed by atoms with Gasteiger partial charge in [0.05, 0.1) is 11.2 Å². The summed E-state index contributed by atoms with van der Waals surface area (Å²) in [5.41, 5.74) is 4.98. The van der Waals surface area contributed by atoms with Crippen molar-refractivity contribution in [1.82, 2.24) is 4.90 Å². The van der Waals surface area contributed by atoms with Gasteiger partial charge in [0.1, 0.15) is 0 Å². The van der Waals surface area contributed by atoms with Gasteiger partial charge in [-0.1, -0.05) is 37.5 Å². The third kappa shape index (κ3) is 5.97. The van der Waals surface area contributed by atoms with E-state index in [9.17, 15) is 18.3 Å². The Morgan fingerprint density at radius 1 is 1.19 bits per heavy atom. The van der Waals surface area contributed by atoms with E-state index in [4.69, 9.17) is 5.73 Å². The molecule has 1 unspecified atom stereocenters. The third-order valence-corrected chi connectivity index (χ3v) is 5.73. The maximum Gasteiger partial charge on any atom is 0.416 e. The van der Waals surface area contributed by atoms with E-state index in [1.165, 1.54) is 12.1 Å². The quantitative estimate of drug-likeness (QED) is 0.748. The molecule has 0 spiro atoms. The number of rotatable bonds is 4. The molecule has 3 nitrogen and oxygen atoms in total. The summed E-state index contributed by atoms with van der Waals surface area (Å²) >= 11 is 0. The highest BCUT2D eigenvalue weighted by Crippen LogP contribution is 2.42. The summed E-state index contributed by atoms with van der Waals surface area (Å²) in [5, 5.41) is 11.3. The molecule has 0 amide bonds. The van der Waals surface area contributed by atoms with Crippen molar-refractivity contribution in [3.63, 3.8) is 0 Å². The number of nitrogens with zero attached hydrogens (tertiary/aromatic N) is 1. The first kappa shape index (κ1) is 24.5. The fourth-order valence-electron chi connectivity index (χ4n) is 4.32. The first-order valence-corrected chi connectivity index (χ1v) is 9.15. The maximum atomic E-state index is 13.1. The van der Waals surface area contributed by atoms with Gasteiger partial charge in [0, 0.05) is 25.0 Å². The Morgan fingerprint density at radius 3 is 2.41 bits per heavy atom. The monoisotopic (exact) mass is 428 g/mol. The van der Waals surface area contributed by atoms with E-state index in [1.54, 1.807) is 6.07 Å². The van der Waals surface area contributed by atoms with Crippen molar-refractivity contribution in [2.24, 2.45) is 5.73 Å². The van der Waals surface area contributed by atoms with E-state index >= 15 is 0 Å². The second kappa shape index (κ2) is 9.79. The van der Waals surface area contributed by atoms with E-state index in [2.05, 4.69) is 4.90 Å². The van der Waals surface area contributed by atoms with Gasteiger partial charge in [0.2, 0.25) is 0 Å². The average molecular weight is 429 g/mol. The molecule has 0 radical (unpaired) electrons. The summed E-state index contributed by atoms with van der Waals surface area (Å²) in [6.07, 6.45) is 0.740. The van der Waals surface area contributed by atoms with E-state index in [0.717, 1.165) is 44.8 Å². The highest BCUT2D eigenvalue weighted by atomic mass is 35.5. The van der Waals surface area contributed by atoms with Crippen LogP contribution in [0.5, 0.6) is 0 Å². The largest absolute Gasteiger partial charge is 0.416 e. The number of halogens is 5. The van der Waals surface area contributed by atoms with Crippen molar-refractivity contribution < 1.29 is 18.3 Å². The highest BCUT2D eigenvalue weighted by Gasteiger charge is 2.41. The summed E-state index contributed by atoms with van der Waals surface area (Å²) in [4.78, 5) is 2.18. The Kier molecular flexibility index (Phi) is 8.89. The van der Waals surface area contributed by atoms with Crippen LogP contribution in [0.25, 0.3) is 0 Å². The van der Waals surface area contributed by atoms with Crippen molar-refractivity contribution in [3.05, 3.63) is 35.4 Å². The van der Waals surface area contributed by atoms with Crippen LogP contribution < -0.4 is 5.73 Å². The summed E-state index contributed by atoms with van der Waals surface area (Å²) in [6, 6.07) is 5.60. The summed E-state index contributed by atoms with van der Waals surface area (Å²) < 4.78 is 39.4. The lowest BCUT2D eigenvalue weighted by Crippen LogP contribution is -2.44. The first-order valence-electron chi connectivity index (χ1n) is 9.15. The van der Waals surface area contributed by atoms with Gasteiger partial charge in [-0.3, -0.25) is 0 Å². The second-order valence-electron chi connectivity index (χ2n) is 7.65. The Bertz CT molecular complexity index is 595. The number of aliphatic hydroxyl groups is 1. The van der Waals surface area contributed by atoms with Gasteiger partial charge in [-0.25, -0.2) is 0 Å². The first-order chi connectivity index (χ1) is 11.8. The predicted molar refractivity (Wildman–Crippen MR) is 106 cm³/mol. The number of nitrogens with two attached hydrogens (primary N) is 1. The molecule has 1 aromatic carbocycles. The van der Waals surface area contributed by atoms with Gasteiger partial charge in [-0.2, -0.15) is 13.2 Å². The molecular weight excluding hydrogens is 400 g/mol. The lowest BCUT2D eigenvalue weighted by Gasteiger charge is -2.41. The van der Waals surface area contributed by atoms with Crippen molar-refractivity contribution in [2.75, 3.05) is 19.6 Å². The molecule has 2 fully saturated rings. The molecule has 1 saturated heterocycles. The lowest BCUT2D eigenvalue weighted by atomic mass is 9.72. The van der Waals surface area contributed by atoms with Gasteiger partial charge in [0.15, 0.2) is 0 Å². The van der Waals surface area contributed by atoms with Crippen LogP contribution >= 0.6 is 24.8 Å². The molecule has 1 saturated carbocycles. The van der Waals surface area contributed by atoms with Crippen LogP contribution in [0, 0.1) is 0 Å². The summed E-state index contributed by atoms with van der Waals surface area (Å²) in [5.74, 6) is -0.319. The SMILES string of the molecule is Cl.Cl.N[C@H]1CCN(CC(c2cccc(C(F)(F)F)c2)C2(O)CCCCC2)C1. The van der Waals surface area contributed by atoms with Gasteiger partial charge < -0.3 is 15.7 Å². The van der Waals surface area contributed by atoms with Crippen molar-refractivity contribution in [1.29, 1.82) is 0 Å². The molecule has 27 heavy (non-hydrogen) atoms. The van der Waals surface area contributed by atoms with E-state index in [0.29, 0.717) is 24.9 Å². The van der Waals surface area contributed by atoms with E-state index in [1.807, 2.05) is 0 Å². The zero-order chi connectivity index (χ0) is 18.1. The molecule has 1 aliphatic heterocycles. The Hall–Kier alpha value is -0.530. The average Bonchev–Trinajstić information content (AvgIpc) is 2.98. The zero-order valence-electron chi connectivity index (χ0n) is 15.3. The zero-order valence-corrected chi connectivity index (χ0v) is 16.9. The van der Waals surface area contributed by atoms with E-state index in [-0.39, 0.29) is 36.8 Å². The van der Waals surface area contributed by atoms with Crippen LogP contribution in [0.15, 0.2) is 24.3 Å². The molecule has 2 atom stereocenters. The molecule has 8 heteroatoms. The van der Waals surface area contributed by atoms with Gasteiger partial charge in [-0.05, 0) is 37.4 Å². The number of alkyl halides is 3. The van der Waals surface area contributed by atoms with Gasteiger partial charge in [-0.15, -0.1) is 24.8 Å². The molecule has 2 aliphatic rings. The fraction of sp³-hybridized carbons (Fsp3) is 0.684. The van der Waals surface area contributed by atoms with Crippen molar-refractivity contribution in [3.8, 4) is 0 Å². The molecule has 3 rings (SSSR count). The lowest BCUT2D eigenvalue weighted by molar-refractivity contribution is -0.137. The molecule has 1 aliphatic carbocycles. The minimum atomic E-state index is -4.37. The molecule has 1 aromatic rings. The van der Waals surface area contributed by atoms with Crippen molar-refractivity contribution >= 4 is 24.8 Å². The Balaban J connectivity index is 0.00000182. The predicted octanol–water partition coefficient (Wildman–Crippen LogP) is 4.36. The topological polar surface area (TPSA) is 49.5 Å². The van der Waals surface area contributed by atoms with Crippen LogP contribution in [0.3, 0.4) is 0 Å². The van der Waals surface area contributed by atoms with E-state index < -0.39 is 17.3 Å². The summed E-state index contributed by atoms with van der Waals surface area (Å²) in [7, 11) is 0. The highest BCUT2D eigenvalue weighted by molar-refractivity contribution is 5.85. The molecule has 156 valence electrons. The standard InChI is InChI=1S/C19H27F3N2O.2ClH/c20-19(21,22)15-6-4-5-14(11-15)17(13-24-10-7-16(23)12-24)18(25)8-2-1-3-9-18;;/h4-6,11,16-17,25H,1-3,7-10,12-13,23H2;2*1H/t16-,17?;;/m0../s1. The maximum absolute atomic E-state index is 13.1. The van der Waals surface area contributed by atoms with Crippen LogP contribution in [0.4, 0.5) is 13.2 Å². The normalized spacial score (nSPS) is 24.0. The Morgan fingerprint density at radius 2 is 1.85 bits per heavy atom. The van der Waals surface area contributed by atoms with Crippen LogP contribution in [0.2, 0.25) is 0 Å². The molecule has 1 heterocycles. The number of hydrogen-bond acceptors (Lipinski definition) is 3. The van der Waals surface area contributed by atoms with Gasteiger partial charge >= 0.3 is 6.18 Å². The number of likely N-dealkylation sites (tertiary alicyclic amines) is 1. The van der Waals surface area contributed by atoms with Gasteiger partial charge in [0.25, 0.3) is 0 Å². The molecule has 0 bridgehead atoms.